The summed E-state index contributed by atoms with van der Waals surface area (Å²) in [6, 6.07) is 10.8. The first-order valence-corrected chi connectivity index (χ1v) is 9.86. The van der Waals surface area contributed by atoms with E-state index in [1.165, 1.54) is 37.8 Å². The molecule has 6 rings (SSSR count). The molecule has 5 fully saturated rings. The van der Waals surface area contributed by atoms with E-state index >= 15 is 0 Å². The van der Waals surface area contributed by atoms with Gasteiger partial charge in [-0.25, -0.2) is 0 Å². The molecular weight excluding hydrogens is 296 g/mol. The second kappa shape index (κ2) is 5.79. The first-order valence-electron chi connectivity index (χ1n) is 9.86. The van der Waals surface area contributed by atoms with E-state index in [9.17, 15) is 4.79 Å². The van der Waals surface area contributed by atoms with Gasteiger partial charge < -0.3 is 10.2 Å². The van der Waals surface area contributed by atoms with E-state index in [2.05, 4.69) is 34.5 Å². The third-order valence-electron chi connectivity index (χ3n) is 7.16. The highest BCUT2D eigenvalue weighted by Crippen LogP contribution is 2.57. The van der Waals surface area contributed by atoms with E-state index in [1.54, 1.807) is 0 Å². The van der Waals surface area contributed by atoms with Crippen LogP contribution in [0.4, 0.5) is 5.69 Å². The molecule has 1 unspecified atom stereocenters. The highest BCUT2D eigenvalue weighted by Gasteiger charge is 2.51. The van der Waals surface area contributed by atoms with E-state index in [0.717, 1.165) is 31.3 Å². The summed E-state index contributed by atoms with van der Waals surface area (Å²) in [7, 11) is 0. The molecule has 1 aliphatic heterocycles. The van der Waals surface area contributed by atoms with E-state index in [-0.39, 0.29) is 0 Å². The minimum atomic E-state index is 0.355. The van der Waals surface area contributed by atoms with Crippen LogP contribution in [-0.4, -0.2) is 29.9 Å². The first kappa shape index (κ1) is 14.8. The van der Waals surface area contributed by atoms with Gasteiger partial charge >= 0.3 is 0 Å². The summed E-state index contributed by atoms with van der Waals surface area (Å²) in [5, 5.41) is 3.60. The van der Waals surface area contributed by atoms with Gasteiger partial charge in [-0.05, 0) is 74.3 Å². The van der Waals surface area contributed by atoms with Crippen LogP contribution >= 0.6 is 0 Å². The molecule has 128 valence electrons. The van der Waals surface area contributed by atoms with Crippen LogP contribution in [0.5, 0.6) is 0 Å². The fraction of sp³-hybridized carbons (Fsp3) is 0.667. The van der Waals surface area contributed by atoms with Gasteiger partial charge in [-0.15, -0.1) is 0 Å². The first-order chi connectivity index (χ1) is 11.8. The van der Waals surface area contributed by atoms with E-state index in [1.807, 2.05) is 6.07 Å². The monoisotopic (exact) mass is 324 g/mol. The second-order valence-electron chi connectivity index (χ2n) is 8.74. The van der Waals surface area contributed by atoms with Crippen molar-refractivity contribution in [2.24, 2.45) is 29.6 Å². The lowest BCUT2D eigenvalue weighted by Gasteiger charge is -2.54. The predicted molar refractivity (Wildman–Crippen MR) is 95.6 cm³/mol. The Morgan fingerprint density at radius 1 is 0.958 bits per heavy atom. The van der Waals surface area contributed by atoms with Crippen molar-refractivity contribution in [2.45, 2.75) is 44.6 Å². The number of hydrogen-bond acceptors (Lipinski definition) is 2. The van der Waals surface area contributed by atoms with E-state index in [0.29, 0.717) is 29.7 Å². The molecule has 4 bridgehead atoms. The quantitative estimate of drug-likeness (QED) is 0.918. The number of carbonyl (C=O) groups excluding carboxylic acids is 1. The summed E-state index contributed by atoms with van der Waals surface area (Å²) >= 11 is 0. The molecule has 1 aromatic rings. The van der Waals surface area contributed by atoms with Crippen molar-refractivity contribution in [2.75, 3.05) is 18.4 Å². The minimum absolute atomic E-state index is 0.355. The normalized spacial score (nSPS) is 40.1. The number of likely N-dealkylation sites (tertiary alicyclic amines) is 1. The Bertz CT molecular complexity index is 586. The largest absolute Gasteiger partial charge is 0.380 e. The van der Waals surface area contributed by atoms with Crippen LogP contribution in [-0.2, 0) is 4.79 Å². The third kappa shape index (κ3) is 2.53. The molecule has 4 aliphatic carbocycles. The Morgan fingerprint density at radius 2 is 1.62 bits per heavy atom. The molecule has 1 saturated heterocycles. The Labute approximate surface area is 144 Å². The number of amides is 1. The summed E-state index contributed by atoms with van der Waals surface area (Å²) in [4.78, 5) is 15.4. The topological polar surface area (TPSA) is 32.3 Å². The third-order valence-corrected chi connectivity index (χ3v) is 7.16. The van der Waals surface area contributed by atoms with Gasteiger partial charge in [-0.1, -0.05) is 18.2 Å². The average Bonchev–Trinajstić information content (AvgIpc) is 3.03. The molecular formula is C21H28N2O. The molecule has 24 heavy (non-hydrogen) atoms. The zero-order valence-corrected chi connectivity index (χ0v) is 14.4. The maximum absolute atomic E-state index is 13.2. The summed E-state index contributed by atoms with van der Waals surface area (Å²) in [5.74, 6) is 4.14. The predicted octanol–water partition coefficient (Wildman–Crippen LogP) is 3.77. The van der Waals surface area contributed by atoms with Crippen molar-refractivity contribution in [1.82, 2.24) is 4.90 Å². The number of benzene rings is 1. The fourth-order valence-electron chi connectivity index (χ4n) is 6.39. The number of para-hydroxylation sites is 1. The average molecular weight is 324 g/mol. The summed E-state index contributed by atoms with van der Waals surface area (Å²) in [6.07, 6.45) is 7.88. The molecule has 4 saturated carbocycles. The molecule has 0 aromatic heterocycles. The lowest BCUT2D eigenvalue weighted by Crippen LogP contribution is -2.51. The Kier molecular flexibility index (Phi) is 3.57. The molecule has 3 nitrogen and oxygen atoms in total. The number of hydrogen-bond donors (Lipinski definition) is 1. The van der Waals surface area contributed by atoms with Gasteiger partial charge in [0.1, 0.15) is 0 Å². The molecule has 1 N–H and O–H groups in total. The van der Waals surface area contributed by atoms with E-state index in [4.69, 9.17) is 0 Å². The summed E-state index contributed by atoms with van der Waals surface area (Å²) in [5.41, 5.74) is 1.17. The van der Waals surface area contributed by atoms with Crippen molar-refractivity contribution < 1.29 is 4.79 Å². The number of anilines is 1. The van der Waals surface area contributed by atoms with E-state index < -0.39 is 0 Å². The van der Waals surface area contributed by atoms with Gasteiger partial charge in [0.05, 0.1) is 0 Å². The highest BCUT2D eigenvalue weighted by atomic mass is 16.2. The Hall–Kier alpha value is -1.51. The molecule has 1 amide bonds. The molecule has 5 aliphatic rings. The van der Waals surface area contributed by atoms with Gasteiger partial charge in [0, 0.05) is 30.7 Å². The van der Waals surface area contributed by atoms with Crippen LogP contribution in [0, 0.1) is 29.6 Å². The number of nitrogens with one attached hydrogen (secondary N) is 1. The Morgan fingerprint density at radius 3 is 2.29 bits per heavy atom. The summed E-state index contributed by atoms with van der Waals surface area (Å²) in [6.45, 7) is 1.82. The molecule has 0 radical (unpaired) electrons. The highest BCUT2D eigenvalue weighted by molar-refractivity contribution is 5.80. The maximum atomic E-state index is 13.2. The number of nitrogens with zero attached hydrogens (tertiary/aromatic N) is 1. The van der Waals surface area contributed by atoms with Crippen LogP contribution in [0.3, 0.4) is 0 Å². The smallest absolute Gasteiger partial charge is 0.226 e. The van der Waals surface area contributed by atoms with Gasteiger partial charge in [-0.2, -0.15) is 0 Å². The van der Waals surface area contributed by atoms with Crippen molar-refractivity contribution in [3.05, 3.63) is 30.3 Å². The summed E-state index contributed by atoms with van der Waals surface area (Å²) < 4.78 is 0. The zero-order valence-electron chi connectivity index (χ0n) is 14.4. The van der Waals surface area contributed by atoms with Crippen molar-refractivity contribution in [3.63, 3.8) is 0 Å². The molecule has 1 atom stereocenters. The number of carbonyl (C=O) groups is 1. The van der Waals surface area contributed by atoms with Crippen molar-refractivity contribution in [3.8, 4) is 0 Å². The second-order valence-corrected chi connectivity index (χ2v) is 8.74. The molecule has 1 heterocycles. The minimum Gasteiger partial charge on any atom is -0.380 e. The van der Waals surface area contributed by atoms with Gasteiger partial charge in [-0.3, -0.25) is 4.79 Å². The van der Waals surface area contributed by atoms with Crippen LogP contribution in [0.15, 0.2) is 30.3 Å². The maximum Gasteiger partial charge on any atom is 0.226 e. The SMILES string of the molecule is O=C(C1C2CC3CC(C2)CC1C3)N1CCC(Nc2ccccc2)C1. The molecule has 1 aromatic carbocycles. The van der Waals surface area contributed by atoms with Gasteiger partial charge in [0.15, 0.2) is 0 Å². The van der Waals surface area contributed by atoms with Gasteiger partial charge in [0.25, 0.3) is 0 Å². The van der Waals surface area contributed by atoms with Crippen molar-refractivity contribution in [1.29, 1.82) is 0 Å². The number of rotatable bonds is 3. The van der Waals surface area contributed by atoms with Crippen LogP contribution in [0.25, 0.3) is 0 Å². The van der Waals surface area contributed by atoms with Crippen LogP contribution in [0.1, 0.15) is 38.5 Å². The lowest BCUT2D eigenvalue weighted by molar-refractivity contribution is -0.148. The molecule has 0 spiro atoms. The molecule has 3 heteroatoms. The Balaban J connectivity index is 1.24. The van der Waals surface area contributed by atoms with Crippen molar-refractivity contribution >= 4 is 11.6 Å². The van der Waals surface area contributed by atoms with Crippen LogP contribution < -0.4 is 5.32 Å². The zero-order chi connectivity index (χ0) is 16.1. The fourth-order valence-corrected chi connectivity index (χ4v) is 6.39. The standard InChI is InChI=1S/C21H28N2O/c24-21(20-16-9-14-8-15(11-16)12-17(20)10-14)23-7-6-19(13-23)22-18-4-2-1-3-5-18/h1-5,14-17,19-20,22H,6-13H2. The van der Waals surface area contributed by atoms with Gasteiger partial charge in [0.2, 0.25) is 5.91 Å². The lowest BCUT2D eigenvalue weighted by atomic mass is 9.51. The van der Waals surface area contributed by atoms with Crippen LogP contribution in [0.2, 0.25) is 0 Å².